The van der Waals surface area contributed by atoms with Crippen molar-refractivity contribution in [1.29, 1.82) is 0 Å². The van der Waals surface area contributed by atoms with Crippen LogP contribution in [0.5, 0.6) is 0 Å². The zero-order valence-electron chi connectivity index (χ0n) is 10.5. The second kappa shape index (κ2) is 3.92. The lowest BCUT2D eigenvalue weighted by molar-refractivity contribution is 0.438. The monoisotopic (exact) mass is 192 g/mol. The SMILES string of the molecule is CC(C)C1=CC(C)(C)CC(C(C)C)=C1. The van der Waals surface area contributed by atoms with E-state index >= 15 is 0 Å². The lowest BCUT2D eigenvalue weighted by Gasteiger charge is -2.31. The van der Waals surface area contributed by atoms with Gasteiger partial charge in [0.25, 0.3) is 0 Å². The Morgan fingerprint density at radius 2 is 1.64 bits per heavy atom. The van der Waals surface area contributed by atoms with Gasteiger partial charge in [-0.05, 0) is 29.2 Å². The van der Waals surface area contributed by atoms with Crippen LogP contribution in [0.3, 0.4) is 0 Å². The van der Waals surface area contributed by atoms with Crippen molar-refractivity contribution in [3.63, 3.8) is 0 Å². The minimum Gasteiger partial charge on any atom is -0.0751 e. The topological polar surface area (TPSA) is 0 Å². The standard InChI is InChI=1S/C14H24/c1-10(2)12-7-13(11(3)4)9-14(5,6)8-12/h7-8,10-11H,9H2,1-6H3. The molecule has 0 heterocycles. The largest absolute Gasteiger partial charge is 0.0751 e. The van der Waals surface area contributed by atoms with E-state index in [1.165, 1.54) is 12.0 Å². The van der Waals surface area contributed by atoms with Crippen molar-refractivity contribution in [2.45, 2.75) is 48.0 Å². The predicted molar refractivity (Wildman–Crippen MR) is 64.2 cm³/mol. The molecule has 0 aliphatic heterocycles. The van der Waals surface area contributed by atoms with E-state index in [2.05, 4.69) is 53.7 Å². The van der Waals surface area contributed by atoms with Crippen molar-refractivity contribution in [1.82, 2.24) is 0 Å². The normalized spacial score (nSPS) is 21.1. The molecule has 0 saturated heterocycles. The Morgan fingerprint density at radius 3 is 2.07 bits per heavy atom. The Hall–Kier alpha value is -0.520. The molecular weight excluding hydrogens is 168 g/mol. The highest BCUT2D eigenvalue weighted by molar-refractivity contribution is 5.33. The van der Waals surface area contributed by atoms with Gasteiger partial charge in [-0.25, -0.2) is 0 Å². The summed E-state index contributed by atoms with van der Waals surface area (Å²) < 4.78 is 0. The summed E-state index contributed by atoms with van der Waals surface area (Å²) in [7, 11) is 0. The molecule has 1 rings (SSSR count). The quantitative estimate of drug-likeness (QED) is 0.600. The first-order chi connectivity index (χ1) is 6.32. The van der Waals surface area contributed by atoms with Crippen molar-refractivity contribution in [3.05, 3.63) is 23.3 Å². The van der Waals surface area contributed by atoms with Crippen LogP contribution in [0.2, 0.25) is 0 Å². The van der Waals surface area contributed by atoms with E-state index in [-0.39, 0.29) is 0 Å². The van der Waals surface area contributed by atoms with Gasteiger partial charge in [0, 0.05) is 0 Å². The van der Waals surface area contributed by atoms with Gasteiger partial charge in [-0.1, -0.05) is 59.3 Å². The lowest BCUT2D eigenvalue weighted by Crippen LogP contribution is -2.17. The Bertz CT molecular complexity index is 262. The fourth-order valence-corrected chi connectivity index (χ4v) is 2.04. The highest BCUT2D eigenvalue weighted by Gasteiger charge is 2.24. The van der Waals surface area contributed by atoms with Crippen LogP contribution < -0.4 is 0 Å². The van der Waals surface area contributed by atoms with Crippen LogP contribution in [-0.2, 0) is 0 Å². The average Bonchev–Trinajstić information content (AvgIpc) is 2.01. The summed E-state index contributed by atoms with van der Waals surface area (Å²) in [5.41, 5.74) is 3.49. The van der Waals surface area contributed by atoms with Crippen LogP contribution in [0.15, 0.2) is 23.3 Å². The molecule has 0 nitrogen and oxygen atoms in total. The fraction of sp³-hybridized carbons (Fsp3) is 0.714. The van der Waals surface area contributed by atoms with E-state index in [0.717, 1.165) is 0 Å². The number of hydrogen-bond acceptors (Lipinski definition) is 0. The average molecular weight is 192 g/mol. The maximum absolute atomic E-state index is 2.45. The van der Waals surface area contributed by atoms with E-state index in [0.29, 0.717) is 17.3 Å². The van der Waals surface area contributed by atoms with E-state index < -0.39 is 0 Å². The third kappa shape index (κ3) is 2.73. The van der Waals surface area contributed by atoms with Crippen molar-refractivity contribution >= 4 is 0 Å². The fourth-order valence-electron chi connectivity index (χ4n) is 2.04. The third-order valence-electron chi connectivity index (χ3n) is 2.98. The van der Waals surface area contributed by atoms with Crippen LogP contribution in [0.1, 0.15) is 48.0 Å². The Kier molecular flexibility index (Phi) is 3.24. The number of hydrogen-bond donors (Lipinski definition) is 0. The highest BCUT2D eigenvalue weighted by atomic mass is 14.3. The molecule has 0 saturated carbocycles. The summed E-state index contributed by atoms with van der Waals surface area (Å²) in [6.45, 7) is 13.8. The van der Waals surface area contributed by atoms with E-state index in [1.807, 2.05) is 0 Å². The molecule has 0 aromatic rings. The highest BCUT2D eigenvalue weighted by Crippen LogP contribution is 2.37. The van der Waals surface area contributed by atoms with E-state index in [9.17, 15) is 0 Å². The molecule has 0 unspecified atom stereocenters. The zero-order valence-corrected chi connectivity index (χ0v) is 10.5. The van der Waals surface area contributed by atoms with Gasteiger partial charge < -0.3 is 0 Å². The smallest absolute Gasteiger partial charge is 0.0132 e. The summed E-state index contributed by atoms with van der Waals surface area (Å²) in [6.07, 6.45) is 6.09. The predicted octanol–water partition coefficient (Wildman–Crippen LogP) is 4.58. The van der Waals surface area contributed by atoms with Crippen LogP contribution in [0.4, 0.5) is 0 Å². The summed E-state index contributed by atoms with van der Waals surface area (Å²) in [5, 5.41) is 0. The van der Waals surface area contributed by atoms with E-state index in [1.54, 1.807) is 5.57 Å². The number of rotatable bonds is 2. The van der Waals surface area contributed by atoms with Gasteiger partial charge in [0.15, 0.2) is 0 Å². The minimum atomic E-state index is 0.355. The molecule has 0 fully saturated rings. The molecule has 1 aliphatic carbocycles. The first kappa shape index (κ1) is 11.6. The zero-order chi connectivity index (χ0) is 10.9. The maximum Gasteiger partial charge on any atom is -0.0132 e. The first-order valence-electron chi connectivity index (χ1n) is 5.75. The molecule has 0 spiro atoms. The van der Waals surface area contributed by atoms with Gasteiger partial charge in [-0.2, -0.15) is 0 Å². The lowest BCUT2D eigenvalue weighted by atomic mass is 9.75. The van der Waals surface area contributed by atoms with Gasteiger partial charge in [-0.3, -0.25) is 0 Å². The Labute approximate surface area is 89.1 Å². The molecule has 0 N–H and O–H groups in total. The van der Waals surface area contributed by atoms with Gasteiger partial charge in [0.05, 0.1) is 0 Å². The molecule has 14 heavy (non-hydrogen) atoms. The molecule has 0 aromatic carbocycles. The van der Waals surface area contributed by atoms with Crippen molar-refractivity contribution in [2.24, 2.45) is 17.3 Å². The molecule has 0 bridgehead atoms. The van der Waals surface area contributed by atoms with Gasteiger partial charge in [-0.15, -0.1) is 0 Å². The van der Waals surface area contributed by atoms with Crippen LogP contribution in [-0.4, -0.2) is 0 Å². The van der Waals surface area contributed by atoms with Crippen LogP contribution in [0, 0.1) is 17.3 Å². The summed E-state index contributed by atoms with van der Waals surface area (Å²) in [5.74, 6) is 1.35. The second-order valence-electron chi connectivity index (χ2n) is 5.84. The molecule has 0 atom stereocenters. The second-order valence-corrected chi connectivity index (χ2v) is 5.84. The molecule has 1 aliphatic rings. The first-order valence-corrected chi connectivity index (χ1v) is 5.75. The van der Waals surface area contributed by atoms with Crippen LogP contribution >= 0.6 is 0 Å². The summed E-state index contributed by atoms with van der Waals surface area (Å²) in [6, 6.07) is 0. The van der Waals surface area contributed by atoms with Gasteiger partial charge in [0.2, 0.25) is 0 Å². The maximum atomic E-state index is 2.45. The Morgan fingerprint density at radius 1 is 1.07 bits per heavy atom. The van der Waals surface area contributed by atoms with Crippen molar-refractivity contribution in [3.8, 4) is 0 Å². The van der Waals surface area contributed by atoms with Crippen LogP contribution in [0.25, 0.3) is 0 Å². The molecule has 0 heteroatoms. The molecular formula is C14H24. The van der Waals surface area contributed by atoms with Crippen molar-refractivity contribution < 1.29 is 0 Å². The molecule has 80 valence electrons. The molecule has 0 aromatic heterocycles. The van der Waals surface area contributed by atoms with Gasteiger partial charge >= 0.3 is 0 Å². The third-order valence-corrected chi connectivity index (χ3v) is 2.98. The minimum absolute atomic E-state index is 0.355. The molecule has 0 radical (unpaired) electrons. The molecule has 0 amide bonds. The summed E-state index contributed by atoms with van der Waals surface area (Å²) in [4.78, 5) is 0. The number of allylic oxidation sites excluding steroid dienone is 4. The van der Waals surface area contributed by atoms with Gasteiger partial charge in [0.1, 0.15) is 0 Å². The van der Waals surface area contributed by atoms with Crippen molar-refractivity contribution in [2.75, 3.05) is 0 Å². The Balaban J connectivity index is 2.99. The summed E-state index contributed by atoms with van der Waals surface area (Å²) >= 11 is 0. The van der Waals surface area contributed by atoms with E-state index in [4.69, 9.17) is 0 Å².